The summed E-state index contributed by atoms with van der Waals surface area (Å²) in [7, 11) is 1.95. The molecule has 0 aromatic heterocycles. The van der Waals surface area contributed by atoms with E-state index in [1.165, 1.54) is 0 Å². The molecule has 0 aromatic carbocycles. The number of nitrogens with two attached hydrogens (primary N) is 1. The molecule has 4 heteroatoms. The van der Waals surface area contributed by atoms with E-state index in [0.29, 0.717) is 18.5 Å². The molecule has 4 nitrogen and oxygen atoms in total. The molecule has 0 aromatic rings. The quantitative estimate of drug-likeness (QED) is 0.617. The minimum Gasteiger partial charge on any atom is -0.369 e. The van der Waals surface area contributed by atoms with Gasteiger partial charge in [-0.2, -0.15) is 0 Å². The van der Waals surface area contributed by atoms with Gasteiger partial charge in [0.1, 0.15) is 0 Å². The lowest BCUT2D eigenvalue weighted by Gasteiger charge is -2.33. The van der Waals surface area contributed by atoms with Crippen LogP contribution in [0.1, 0.15) is 13.3 Å². The van der Waals surface area contributed by atoms with E-state index in [1.54, 1.807) is 0 Å². The molecule has 1 fully saturated rings. The van der Waals surface area contributed by atoms with E-state index in [-0.39, 0.29) is 5.91 Å². The molecule has 1 saturated heterocycles. The highest BCUT2D eigenvalue weighted by molar-refractivity contribution is 5.75. The number of nitrogens with one attached hydrogen (secondary N) is 1. The number of carbonyl (C=O) groups excluding carboxylic acids is 1. The molecule has 2 unspecified atom stereocenters. The molecular weight excluding hydrogens is 166 g/mol. The summed E-state index contributed by atoms with van der Waals surface area (Å²) < 4.78 is 0. The van der Waals surface area contributed by atoms with Crippen molar-refractivity contribution >= 4 is 5.91 Å². The van der Waals surface area contributed by atoms with E-state index >= 15 is 0 Å². The molecule has 0 bridgehead atoms. The number of hydrogen-bond acceptors (Lipinski definition) is 3. The molecule has 13 heavy (non-hydrogen) atoms. The Hall–Kier alpha value is -0.610. The molecule has 1 rings (SSSR count). The lowest BCUT2D eigenvalue weighted by molar-refractivity contribution is -0.119. The minimum absolute atomic E-state index is 0.249. The van der Waals surface area contributed by atoms with Crippen molar-refractivity contribution in [1.29, 1.82) is 0 Å². The first kappa shape index (κ1) is 10.5. The average molecular weight is 185 g/mol. The van der Waals surface area contributed by atoms with E-state index in [1.807, 2.05) is 11.9 Å². The predicted molar refractivity (Wildman–Crippen MR) is 52.3 cm³/mol. The van der Waals surface area contributed by atoms with Crippen molar-refractivity contribution in [2.75, 3.05) is 26.7 Å². The van der Waals surface area contributed by atoms with Gasteiger partial charge in [0.15, 0.2) is 0 Å². The molecule has 1 aliphatic heterocycles. The lowest BCUT2D eigenvalue weighted by atomic mass is 9.97. The molecule has 0 spiro atoms. The molecule has 0 aliphatic carbocycles. The van der Waals surface area contributed by atoms with E-state index < -0.39 is 0 Å². The average Bonchev–Trinajstić information content (AvgIpc) is 2.03. The second-order valence-electron chi connectivity index (χ2n) is 4.03. The highest BCUT2D eigenvalue weighted by Gasteiger charge is 2.22. The Balaban J connectivity index is 2.36. The fourth-order valence-corrected chi connectivity index (χ4v) is 1.84. The van der Waals surface area contributed by atoms with Crippen molar-refractivity contribution < 1.29 is 4.79 Å². The van der Waals surface area contributed by atoms with Crippen LogP contribution in [-0.4, -0.2) is 43.5 Å². The van der Waals surface area contributed by atoms with Gasteiger partial charge in [-0.25, -0.2) is 0 Å². The van der Waals surface area contributed by atoms with Gasteiger partial charge in [0.25, 0.3) is 0 Å². The predicted octanol–water partition coefficient (Wildman–Crippen LogP) is -0.598. The van der Waals surface area contributed by atoms with Crippen molar-refractivity contribution in [3.63, 3.8) is 0 Å². The number of primary amides is 1. The van der Waals surface area contributed by atoms with Crippen LogP contribution in [0.4, 0.5) is 0 Å². The SMILES string of the molecule is CC1CNCC(N(C)CC(N)=O)C1. The largest absolute Gasteiger partial charge is 0.369 e. The summed E-state index contributed by atoms with van der Waals surface area (Å²) in [6.45, 7) is 4.63. The van der Waals surface area contributed by atoms with Crippen molar-refractivity contribution in [3.8, 4) is 0 Å². The van der Waals surface area contributed by atoms with Crippen LogP contribution in [0.5, 0.6) is 0 Å². The van der Waals surface area contributed by atoms with E-state index in [0.717, 1.165) is 19.5 Å². The molecule has 1 amide bonds. The number of hydrogen-bond donors (Lipinski definition) is 2. The number of piperidine rings is 1. The number of amides is 1. The van der Waals surface area contributed by atoms with Gasteiger partial charge in [-0.15, -0.1) is 0 Å². The summed E-state index contributed by atoms with van der Waals surface area (Å²) in [4.78, 5) is 12.7. The second-order valence-corrected chi connectivity index (χ2v) is 4.03. The molecule has 76 valence electrons. The molecule has 2 atom stereocenters. The number of nitrogens with zero attached hydrogens (tertiary/aromatic N) is 1. The van der Waals surface area contributed by atoms with Crippen molar-refractivity contribution in [2.45, 2.75) is 19.4 Å². The molecule has 0 saturated carbocycles. The highest BCUT2D eigenvalue weighted by Crippen LogP contribution is 2.13. The Bertz CT molecular complexity index is 184. The maximum absolute atomic E-state index is 10.7. The first-order valence-electron chi connectivity index (χ1n) is 4.79. The number of carbonyl (C=O) groups is 1. The van der Waals surface area contributed by atoms with Crippen LogP contribution in [0.15, 0.2) is 0 Å². The smallest absolute Gasteiger partial charge is 0.231 e. The molecular formula is C9H19N3O. The first-order chi connectivity index (χ1) is 6.09. The molecule has 1 heterocycles. The number of likely N-dealkylation sites (N-methyl/N-ethyl adjacent to an activating group) is 1. The third kappa shape index (κ3) is 3.32. The minimum atomic E-state index is -0.249. The number of rotatable bonds is 3. The first-order valence-corrected chi connectivity index (χ1v) is 4.79. The van der Waals surface area contributed by atoms with Crippen molar-refractivity contribution in [2.24, 2.45) is 11.7 Å². The summed E-state index contributed by atoms with van der Waals surface area (Å²) in [6.07, 6.45) is 1.15. The van der Waals surface area contributed by atoms with Gasteiger partial charge in [0.05, 0.1) is 6.54 Å². The van der Waals surface area contributed by atoms with E-state index in [2.05, 4.69) is 12.2 Å². The van der Waals surface area contributed by atoms with Crippen LogP contribution >= 0.6 is 0 Å². The molecule has 1 aliphatic rings. The van der Waals surface area contributed by atoms with Crippen LogP contribution in [0.25, 0.3) is 0 Å². The Morgan fingerprint density at radius 2 is 2.31 bits per heavy atom. The van der Waals surface area contributed by atoms with Gasteiger partial charge < -0.3 is 11.1 Å². The van der Waals surface area contributed by atoms with Crippen LogP contribution in [0, 0.1) is 5.92 Å². The van der Waals surface area contributed by atoms with Crippen molar-refractivity contribution in [1.82, 2.24) is 10.2 Å². The summed E-state index contributed by atoms with van der Waals surface area (Å²) in [5.41, 5.74) is 5.13. The summed E-state index contributed by atoms with van der Waals surface area (Å²) in [5, 5.41) is 3.34. The van der Waals surface area contributed by atoms with Gasteiger partial charge in [-0.05, 0) is 25.9 Å². The Morgan fingerprint density at radius 3 is 2.85 bits per heavy atom. The third-order valence-corrected chi connectivity index (χ3v) is 2.58. The van der Waals surface area contributed by atoms with Crippen LogP contribution in [-0.2, 0) is 4.79 Å². The zero-order valence-electron chi connectivity index (χ0n) is 8.42. The van der Waals surface area contributed by atoms with E-state index in [4.69, 9.17) is 5.73 Å². The Labute approximate surface area is 79.5 Å². The van der Waals surface area contributed by atoms with Crippen LogP contribution in [0.2, 0.25) is 0 Å². The molecule has 0 radical (unpaired) electrons. The normalized spacial score (nSPS) is 29.2. The van der Waals surface area contributed by atoms with Gasteiger partial charge in [-0.1, -0.05) is 6.92 Å². The summed E-state index contributed by atoms with van der Waals surface area (Å²) in [5.74, 6) is 0.440. The van der Waals surface area contributed by atoms with Crippen molar-refractivity contribution in [3.05, 3.63) is 0 Å². The van der Waals surface area contributed by atoms with Gasteiger partial charge in [-0.3, -0.25) is 9.69 Å². The van der Waals surface area contributed by atoms with Gasteiger partial charge >= 0.3 is 0 Å². The highest BCUT2D eigenvalue weighted by atomic mass is 16.1. The Kier molecular flexibility index (Phi) is 3.69. The summed E-state index contributed by atoms with van der Waals surface area (Å²) >= 11 is 0. The second kappa shape index (κ2) is 4.58. The van der Waals surface area contributed by atoms with E-state index in [9.17, 15) is 4.79 Å². The maximum Gasteiger partial charge on any atom is 0.231 e. The molecule has 3 N–H and O–H groups in total. The van der Waals surface area contributed by atoms with Gasteiger partial charge in [0, 0.05) is 12.6 Å². The zero-order chi connectivity index (χ0) is 9.84. The third-order valence-electron chi connectivity index (χ3n) is 2.58. The lowest BCUT2D eigenvalue weighted by Crippen LogP contribution is -2.49. The zero-order valence-corrected chi connectivity index (χ0v) is 8.42. The van der Waals surface area contributed by atoms with Crippen LogP contribution in [0.3, 0.4) is 0 Å². The Morgan fingerprint density at radius 1 is 1.62 bits per heavy atom. The fraction of sp³-hybridized carbons (Fsp3) is 0.889. The monoisotopic (exact) mass is 185 g/mol. The standard InChI is InChI=1S/C9H19N3O/c1-7-3-8(5-11-4-7)12(2)6-9(10)13/h7-8,11H,3-6H2,1-2H3,(H2,10,13). The topological polar surface area (TPSA) is 58.4 Å². The van der Waals surface area contributed by atoms with Crippen LogP contribution < -0.4 is 11.1 Å². The summed E-state index contributed by atoms with van der Waals surface area (Å²) in [6, 6.07) is 0.455. The fourth-order valence-electron chi connectivity index (χ4n) is 1.84. The van der Waals surface area contributed by atoms with Gasteiger partial charge in [0.2, 0.25) is 5.91 Å². The maximum atomic E-state index is 10.7.